The fourth-order valence-electron chi connectivity index (χ4n) is 3.13. The fourth-order valence-corrected chi connectivity index (χ4v) is 5.19. The number of amides is 1. The molecule has 0 atom stereocenters. The van der Waals surface area contributed by atoms with Crippen molar-refractivity contribution in [2.24, 2.45) is 0 Å². The predicted octanol–water partition coefficient (Wildman–Crippen LogP) is 2.78. The Morgan fingerprint density at radius 1 is 1.16 bits per heavy atom. The number of rotatable bonds is 8. The summed E-state index contributed by atoms with van der Waals surface area (Å²) >= 11 is 1.53. The molecule has 164 valence electrons. The second-order valence-electron chi connectivity index (χ2n) is 6.93. The van der Waals surface area contributed by atoms with E-state index in [9.17, 15) is 13.2 Å². The van der Waals surface area contributed by atoms with Crippen molar-refractivity contribution in [1.29, 1.82) is 0 Å². The number of benzene rings is 1. The summed E-state index contributed by atoms with van der Waals surface area (Å²) < 4.78 is 37.1. The van der Waals surface area contributed by atoms with E-state index in [-0.39, 0.29) is 17.2 Å². The van der Waals surface area contributed by atoms with Gasteiger partial charge in [0.15, 0.2) is 0 Å². The smallest absolute Gasteiger partial charge is 0.243 e. The summed E-state index contributed by atoms with van der Waals surface area (Å²) in [6.07, 6.45) is 1.34. The third kappa shape index (κ3) is 5.37. The van der Waals surface area contributed by atoms with E-state index in [0.717, 1.165) is 4.88 Å². The van der Waals surface area contributed by atoms with Crippen molar-refractivity contribution in [3.63, 3.8) is 0 Å². The molecule has 3 aromatic rings. The van der Waals surface area contributed by atoms with E-state index in [2.05, 4.69) is 15.5 Å². The van der Waals surface area contributed by atoms with Gasteiger partial charge in [0.05, 0.1) is 23.0 Å². The lowest BCUT2D eigenvalue weighted by Crippen LogP contribution is -2.40. The molecule has 3 heterocycles. The Hall–Kier alpha value is -2.60. The van der Waals surface area contributed by atoms with Crippen LogP contribution < -0.4 is 5.32 Å². The van der Waals surface area contributed by atoms with Crippen LogP contribution in [0.5, 0.6) is 0 Å². The molecule has 0 aliphatic carbocycles. The molecule has 11 heteroatoms. The van der Waals surface area contributed by atoms with Gasteiger partial charge in [-0.05, 0) is 42.1 Å². The van der Waals surface area contributed by atoms with Gasteiger partial charge in [0.1, 0.15) is 0 Å². The van der Waals surface area contributed by atoms with Crippen LogP contribution >= 0.6 is 11.3 Å². The van der Waals surface area contributed by atoms with Crippen molar-refractivity contribution in [2.45, 2.75) is 24.2 Å². The topological polar surface area (TPSA) is 115 Å². The molecule has 9 nitrogen and oxygen atoms in total. The SMILES string of the molecule is O=C(CCCc1nc(-c2cccs2)no1)Nc1ccc(S(=O)(=O)N2CCOCC2)cc1. The molecule has 1 fully saturated rings. The number of morpholine rings is 1. The quantitative estimate of drug-likeness (QED) is 0.547. The molecular formula is C20H22N4O5S2. The van der Waals surface area contributed by atoms with Crippen molar-refractivity contribution in [1.82, 2.24) is 14.4 Å². The van der Waals surface area contributed by atoms with E-state index in [1.807, 2.05) is 17.5 Å². The molecule has 0 radical (unpaired) electrons. The van der Waals surface area contributed by atoms with Crippen molar-refractivity contribution in [3.05, 3.63) is 47.7 Å². The van der Waals surface area contributed by atoms with Gasteiger partial charge in [-0.25, -0.2) is 8.42 Å². The highest BCUT2D eigenvalue weighted by molar-refractivity contribution is 7.89. The van der Waals surface area contributed by atoms with E-state index >= 15 is 0 Å². The molecule has 1 aliphatic heterocycles. The van der Waals surface area contributed by atoms with Gasteiger partial charge in [-0.15, -0.1) is 11.3 Å². The molecule has 0 unspecified atom stereocenters. The monoisotopic (exact) mass is 462 g/mol. The second kappa shape index (κ2) is 9.69. The molecule has 0 saturated carbocycles. The lowest BCUT2D eigenvalue weighted by atomic mass is 10.2. The normalized spacial score (nSPS) is 15.1. The number of carbonyl (C=O) groups excluding carboxylic acids is 1. The van der Waals surface area contributed by atoms with Crippen LogP contribution in [0.3, 0.4) is 0 Å². The number of thiophene rings is 1. The van der Waals surface area contributed by atoms with Crippen LogP contribution in [0.15, 0.2) is 51.2 Å². The molecule has 4 rings (SSSR count). The van der Waals surface area contributed by atoms with Gasteiger partial charge in [0.2, 0.25) is 27.6 Å². The summed E-state index contributed by atoms with van der Waals surface area (Å²) in [4.78, 5) is 17.7. The predicted molar refractivity (Wildman–Crippen MR) is 115 cm³/mol. The summed E-state index contributed by atoms with van der Waals surface area (Å²) in [6.45, 7) is 1.48. The van der Waals surface area contributed by atoms with Gasteiger partial charge in [0.25, 0.3) is 0 Å². The van der Waals surface area contributed by atoms with E-state index in [1.165, 1.54) is 27.8 Å². The van der Waals surface area contributed by atoms with Crippen LogP contribution in [0.4, 0.5) is 5.69 Å². The van der Waals surface area contributed by atoms with Crippen LogP contribution in [-0.2, 0) is 26.0 Å². The number of ether oxygens (including phenoxy) is 1. The molecular weight excluding hydrogens is 440 g/mol. The average Bonchev–Trinajstić information content (AvgIpc) is 3.47. The number of aromatic nitrogens is 2. The molecule has 1 saturated heterocycles. The lowest BCUT2D eigenvalue weighted by molar-refractivity contribution is -0.116. The Labute approximate surface area is 184 Å². The van der Waals surface area contributed by atoms with Crippen molar-refractivity contribution in [3.8, 4) is 10.7 Å². The van der Waals surface area contributed by atoms with Crippen molar-refractivity contribution in [2.75, 3.05) is 31.6 Å². The summed E-state index contributed by atoms with van der Waals surface area (Å²) in [5, 5.41) is 8.68. The zero-order valence-corrected chi connectivity index (χ0v) is 18.3. The van der Waals surface area contributed by atoms with E-state index in [4.69, 9.17) is 9.26 Å². The zero-order chi connectivity index (χ0) is 21.7. The molecule has 1 amide bonds. The number of hydrogen-bond donors (Lipinski definition) is 1. The first-order chi connectivity index (χ1) is 15.0. The maximum atomic E-state index is 12.6. The number of hydrogen-bond acceptors (Lipinski definition) is 8. The summed E-state index contributed by atoms with van der Waals surface area (Å²) in [6, 6.07) is 10.0. The number of nitrogens with one attached hydrogen (secondary N) is 1. The number of carbonyl (C=O) groups is 1. The summed E-state index contributed by atoms with van der Waals surface area (Å²) in [5.41, 5.74) is 0.545. The van der Waals surface area contributed by atoms with Crippen molar-refractivity contribution < 1.29 is 22.5 Å². The Morgan fingerprint density at radius 3 is 2.65 bits per heavy atom. The highest BCUT2D eigenvalue weighted by Gasteiger charge is 2.26. The standard InChI is InChI=1S/C20H22N4O5S2/c25-18(4-1-5-19-22-20(23-29-19)17-3-2-14-30-17)21-15-6-8-16(9-7-15)31(26,27)24-10-12-28-13-11-24/h2-3,6-9,14H,1,4-5,10-13H2,(H,21,25). The first kappa shape index (κ1) is 21.6. The highest BCUT2D eigenvalue weighted by Crippen LogP contribution is 2.22. The summed E-state index contributed by atoms with van der Waals surface area (Å²) in [7, 11) is -3.55. The molecule has 0 bridgehead atoms. The van der Waals surface area contributed by atoms with Crippen LogP contribution in [0, 0.1) is 0 Å². The first-order valence-electron chi connectivity index (χ1n) is 9.87. The highest BCUT2D eigenvalue weighted by atomic mass is 32.2. The third-order valence-corrected chi connectivity index (χ3v) is 7.53. The van der Waals surface area contributed by atoms with Crippen LogP contribution in [0.2, 0.25) is 0 Å². The van der Waals surface area contributed by atoms with Gasteiger partial charge < -0.3 is 14.6 Å². The molecule has 0 spiro atoms. The Morgan fingerprint density at radius 2 is 1.94 bits per heavy atom. The van der Waals surface area contributed by atoms with Gasteiger partial charge in [-0.2, -0.15) is 9.29 Å². The Bertz CT molecular complexity index is 1100. The maximum Gasteiger partial charge on any atom is 0.243 e. The average molecular weight is 463 g/mol. The molecule has 31 heavy (non-hydrogen) atoms. The Kier molecular flexibility index (Phi) is 6.76. The van der Waals surface area contributed by atoms with E-state index in [1.54, 1.807) is 12.1 Å². The van der Waals surface area contributed by atoms with Gasteiger partial charge >= 0.3 is 0 Å². The third-order valence-electron chi connectivity index (χ3n) is 4.75. The molecule has 1 aromatic carbocycles. The van der Waals surface area contributed by atoms with Gasteiger partial charge in [0, 0.05) is 31.6 Å². The molecule has 1 N–H and O–H groups in total. The summed E-state index contributed by atoms with van der Waals surface area (Å²) in [5.74, 6) is 0.886. The second-order valence-corrected chi connectivity index (χ2v) is 9.82. The molecule has 2 aromatic heterocycles. The van der Waals surface area contributed by atoms with Crippen LogP contribution in [0.25, 0.3) is 10.7 Å². The maximum absolute atomic E-state index is 12.6. The lowest BCUT2D eigenvalue weighted by Gasteiger charge is -2.26. The Balaban J connectivity index is 1.26. The fraction of sp³-hybridized carbons (Fsp3) is 0.350. The number of sulfonamides is 1. The molecule has 1 aliphatic rings. The van der Waals surface area contributed by atoms with Gasteiger partial charge in [-0.1, -0.05) is 11.2 Å². The van der Waals surface area contributed by atoms with E-state index < -0.39 is 10.0 Å². The van der Waals surface area contributed by atoms with Gasteiger partial charge in [-0.3, -0.25) is 4.79 Å². The van der Waals surface area contributed by atoms with Crippen molar-refractivity contribution >= 4 is 33.0 Å². The van der Waals surface area contributed by atoms with Crippen LogP contribution in [0.1, 0.15) is 18.7 Å². The zero-order valence-electron chi connectivity index (χ0n) is 16.7. The van der Waals surface area contributed by atoms with Crippen LogP contribution in [-0.4, -0.2) is 55.1 Å². The van der Waals surface area contributed by atoms with E-state index in [0.29, 0.717) is 56.5 Å². The minimum Gasteiger partial charge on any atom is -0.379 e. The minimum absolute atomic E-state index is 0.165. The number of nitrogens with zero attached hydrogens (tertiary/aromatic N) is 3. The number of aryl methyl sites for hydroxylation is 1. The minimum atomic E-state index is -3.55. The first-order valence-corrected chi connectivity index (χ1v) is 12.2. The largest absolute Gasteiger partial charge is 0.379 e. The number of anilines is 1.